The second-order valence-electron chi connectivity index (χ2n) is 4.74. The molecule has 3 aromatic rings. The Balaban J connectivity index is 2.61. The standard InChI is InChI=1S/C17H16N2/c1-3-19-17-14-9-8-11(2)10-15(14)12-6-4-5-7-13(12)16(17)18/h3-10H,18H2,1-2H3. The zero-order valence-corrected chi connectivity index (χ0v) is 11.1. The number of aryl methyl sites for hydroxylation is 1. The Morgan fingerprint density at radius 2 is 1.68 bits per heavy atom. The van der Waals surface area contributed by atoms with Gasteiger partial charge in [0, 0.05) is 17.0 Å². The number of benzene rings is 3. The predicted octanol–water partition coefficient (Wildman–Crippen LogP) is 4.61. The minimum Gasteiger partial charge on any atom is -0.396 e. The minimum absolute atomic E-state index is 0.755. The predicted molar refractivity (Wildman–Crippen MR) is 84.4 cm³/mol. The van der Waals surface area contributed by atoms with Crippen molar-refractivity contribution in [1.29, 1.82) is 0 Å². The van der Waals surface area contributed by atoms with Crippen LogP contribution in [0.2, 0.25) is 0 Å². The third kappa shape index (κ3) is 1.76. The van der Waals surface area contributed by atoms with Gasteiger partial charge in [0.2, 0.25) is 0 Å². The zero-order chi connectivity index (χ0) is 13.4. The number of nitrogens with zero attached hydrogens (tertiary/aromatic N) is 1. The molecule has 2 N–H and O–H groups in total. The topological polar surface area (TPSA) is 38.4 Å². The molecule has 0 aromatic heterocycles. The van der Waals surface area contributed by atoms with Crippen LogP contribution in [0.4, 0.5) is 11.4 Å². The normalized spacial score (nSPS) is 11.7. The van der Waals surface area contributed by atoms with Gasteiger partial charge >= 0.3 is 0 Å². The first-order chi connectivity index (χ1) is 9.22. The molecule has 19 heavy (non-hydrogen) atoms. The number of aliphatic imine (C=N–C) groups is 1. The zero-order valence-electron chi connectivity index (χ0n) is 11.1. The van der Waals surface area contributed by atoms with Gasteiger partial charge in [-0.2, -0.15) is 0 Å². The van der Waals surface area contributed by atoms with E-state index in [9.17, 15) is 0 Å². The molecule has 94 valence electrons. The molecule has 0 atom stereocenters. The van der Waals surface area contributed by atoms with Crippen molar-refractivity contribution in [3.05, 3.63) is 48.0 Å². The Bertz CT molecular complexity index is 801. The minimum atomic E-state index is 0.755. The Labute approximate surface area is 112 Å². The highest BCUT2D eigenvalue weighted by Crippen LogP contribution is 2.40. The van der Waals surface area contributed by atoms with Crippen molar-refractivity contribution in [3.63, 3.8) is 0 Å². The first-order valence-electron chi connectivity index (χ1n) is 6.41. The van der Waals surface area contributed by atoms with Gasteiger partial charge in [-0.15, -0.1) is 0 Å². The van der Waals surface area contributed by atoms with Crippen LogP contribution in [-0.2, 0) is 0 Å². The molecule has 0 amide bonds. The summed E-state index contributed by atoms with van der Waals surface area (Å²) in [6.07, 6.45) is 1.79. The van der Waals surface area contributed by atoms with Crippen LogP contribution < -0.4 is 5.73 Å². The van der Waals surface area contributed by atoms with E-state index in [2.05, 4.69) is 42.2 Å². The van der Waals surface area contributed by atoms with Crippen LogP contribution >= 0.6 is 0 Å². The molecule has 0 radical (unpaired) electrons. The summed E-state index contributed by atoms with van der Waals surface area (Å²) in [4.78, 5) is 4.46. The molecule has 0 bridgehead atoms. The fraction of sp³-hybridized carbons (Fsp3) is 0.118. The maximum atomic E-state index is 6.30. The number of nitrogens with two attached hydrogens (primary N) is 1. The molecule has 0 fully saturated rings. The first-order valence-corrected chi connectivity index (χ1v) is 6.41. The average Bonchev–Trinajstić information content (AvgIpc) is 2.44. The molecule has 2 heteroatoms. The lowest BCUT2D eigenvalue weighted by Crippen LogP contribution is -1.91. The number of nitrogen functional groups attached to an aromatic ring is 1. The molecule has 0 spiro atoms. The van der Waals surface area contributed by atoms with E-state index in [0.717, 1.165) is 22.1 Å². The molecule has 0 aliphatic heterocycles. The van der Waals surface area contributed by atoms with E-state index in [1.54, 1.807) is 6.21 Å². The van der Waals surface area contributed by atoms with Gasteiger partial charge in [0.25, 0.3) is 0 Å². The Morgan fingerprint density at radius 1 is 0.947 bits per heavy atom. The van der Waals surface area contributed by atoms with Gasteiger partial charge in [-0.3, -0.25) is 4.99 Å². The van der Waals surface area contributed by atoms with Gasteiger partial charge in [-0.25, -0.2) is 0 Å². The van der Waals surface area contributed by atoms with Crippen LogP contribution in [-0.4, -0.2) is 6.21 Å². The molecule has 0 aliphatic carbocycles. The van der Waals surface area contributed by atoms with Gasteiger partial charge in [-0.1, -0.05) is 48.0 Å². The maximum absolute atomic E-state index is 6.30. The number of hydrogen-bond donors (Lipinski definition) is 1. The molecule has 0 saturated carbocycles. The maximum Gasteiger partial charge on any atom is 0.0939 e. The van der Waals surface area contributed by atoms with Crippen molar-refractivity contribution in [2.24, 2.45) is 4.99 Å². The summed E-state index contributed by atoms with van der Waals surface area (Å²) in [6, 6.07) is 14.6. The third-order valence-corrected chi connectivity index (χ3v) is 3.45. The summed E-state index contributed by atoms with van der Waals surface area (Å²) in [6.45, 7) is 4.02. The highest BCUT2D eigenvalue weighted by atomic mass is 14.8. The summed E-state index contributed by atoms with van der Waals surface area (Å²) >= 11 is 0. The molecule has 0 heterocycles. The van der Waals surface area contributed by atoms with Gasteiger partial charge in [0.05, 0.1) is 11.4 Å². The number of anilines is 1. The van der Waals surface area contributed by atoms with E-state index < -0.39 is 0 Å². The monoisotopic (exact) mass is 248 g/mol. The van der Waals surface area contributed by atoms with Crippen LogP contribution in [0.25, 0.3) is 21.5 Å². The fourth-order valence-corrected chi connectivity index (χ4v) is 2.58. The van der Waals surface area contributed by atoms with Crippen molar-refractivity contribution >= 4 is 39.1 Å². The van der Waals surface area contributed by atoms with E-state index >= 15 is 0 Å². The number of rotatable bonds is 1. The summed E-state index contributed by atoms with van der Waals surface area (Å²) in [5, 5.41) is 4.58. The third-order valence-electron chi connectivity index (χ3n) is 3.45. The number of hydrogen-bond acceptors (Lipinski definition) is 2. The van der Waals surface area contributed by atoms with Crippen LogP contribution in [0, 0.1) is 6.92 Å². The molecule has 0 aliphatic rings. The Hall–Kier alpha value is -2.35. The SMILES string of the molecule is CC=Nc1c(N)c2ccccc2c2cc(C)ccc12. The highest BCUT2D eigenvalue weighted by molar-refractivity contribution is 6.19. The lowest BCUT2D eigenvalue weighted by atomic mass is 9.97. The van der Waals surface area contributed by atoms with Crippen molar-refractivity contribution in [3.8, 4) is 0 Å². The van der Waals surface area contributed by atoms with E-state index in [4.69, 9.17) is 5.73 Å². The smallest absolute Gasteiger partial charge is 0.0939 e. The van der Waals surface area contributed by atoms with Crippen LogP contribution in [0.1, 0.15) is 12.5 Å². The summed E-state index contributed by atoms with van der Waals surface area (Å²) in [5.74, 6) is 0. The highest BCUT2D eigenvalue weighted by Gasteiger charge is 2.10. The molecule has 2 nitrogen and oxygen atoms in total. The molecular formula is C17H16N2. The van der Waals surface area contributed by atoms with Crippen LogP contribution in [0.15, 0.2) is 47.5 Å². The van der Waals surface area contributed by atoms with E-state index in [1.165, 1.54) is 16.3 Å². The first kappa shape index (κ1) is 11.7. The fourth-order valence-electron chi connectivity index (χ4n) is 2.58. The lowest BCUT2D eigenvalue weighted by molar-refractivity contribution is 1.50. The van der Waals surface area contributed by atoms with Gasteiger partial charge in [0.1, 0.15) is 0 Å². The van der Waals surface area contributed by atoms with E-state index in [1.807, 2.05) is 19.1 Å². The Morgan fingerprint density at radius 3 is 2.42 bits per heavy atom. The quantitative estimate of drug-likeness (QED) is 0.381. The Kier molecular flexibility index (Phi) is 2.71. The van der Waals surface area contributed by atoms with Crippen molar-refractivity contribution in [2.45, 2.75) is 13.8 Å². The second-order valence-corrected chi connectivity index (χ2v) is 4.74. The average molecular weight is 248 g/mol. The summed E-state index contributed by atoms with van der Waals surface area (Å²) in [7, 11) is 0. The van der Waals surface area contributed by atoms with Crippen LogP contribution in [0.5, 0.6) is 0 Å². The van der Waals surface area contributed by atoms with Crippen molar-refractivity contribution in [1.82, 2.24) is 0 Å². The molecule has 3 rings (SSSR count). The van der Waals surface area contributed by atoms with E-state index in [-0.39, 0.29) is 0 Å². The largest absolute Gasteiger partial charge is 0.396 e. The van der Waals surface area contributed by atoms with Crippen molar-refractivity contribution in [2.75, 3.05) is 5.73 Å². The van der Waals surface area contributed by atoms with E-state index in [0.29, 0.717) is 0 Å². The molecule has 0 saturated heterocycles. The lowest BCUT2D eigenvalue weighted by Gasteiger charge is -2.12. The number of fused-ring (bicyclic) bond motifs is 3. The molecule has 0 unspecified atom stereocenters. The van der Waals surface area contributed by atoms with Crippen molar-refractivity contribution < 1.29 is 0 Å². The van der Waals surface area contributed by atoms with Crippen LogP contribution in [0.3, 0.4) is 0 Å². The second kappa shape index (κ2) is 4.39. The summed E-state index contributed by atoms with van der Waals surface area (Å²) in [5.41, 5.74) is 9.17. The summed E-state index contributed by atoms with van der Waals surface area (Å²) < 4.78 is 0. The molecular weight excluding hydrogens is 232 g/mol. The van der Waals surface area contributed by atoms with Gasteiger partial charge in [0.15, 0.2) is 0 Å². The van der Waals surface area contributed by atoms with Gasteiger partial charge in [-0.05, 0) is 24.6 Å². The van der Waals surface area contributed by atoms with Gasteiger partial charge < -0.3 is 5.73 Å². The molecule has 3 aromatic carbocycles.